The molecule has 0 radical (unpaired) electrons. The first-order valence-electron chi connectivity index (χ1n) is 12.2. The fraction of sp³-hybridized carbons (Fsp3) is 0.286. The second-order valence-corrected chi connectivity index (χ2v) is 10.1. The number of rotatable bonds is 7. The first-order valence-corrected chi connectivity index (χ1v) is 13.4. The molecule has 0 spiro atoms. The van der Waals surface area contributed by atoms with Crippen LogP contribution in [0.5, 0.6) is 5.75 Å². The van der Waals surface area contributed by atoms with E-state index in [1.807, 2.05) is 35.2 Å². The number of carbonyl (C=O) groups is 2. The highest BCUT2D eigenvalue weighted by Gasteiger charge is 2.28. The number of methoxy groups -OCH3 is 1. The first-order chi connectivity index (χ1) is 18.0. The molecule has 192 valence electrons. The molecule has 0 aromatic heterocycles. The van der Waals surface area contributed by atoms with Crippen molar-refractivity contribution in [2.45, 2.75) is 11.8 Å². The number of anilines is 3. The van der Waals surface area contributed by atoms with E-state index in [0.717, 1.165) is 30.2 Å². The molecule has 5 rings (SSSR count). The lowest BCUT2D eigenvalue weighted by molar-refractivity contribution is -0.116. The van der Waals surface area contributed by atoms with Crippen molar-refractivity contribution in [3.8, 4) is 5.75 Å². The van der Waals surface area contributed by atoms with Gasteiger partial charge in [0.25, 0.3) is 5.91 Å². The number of hydrogen-bond acceptors (Lipinski definition) is 6. The number of piperazine rings is 1. The Labute approximate surface area is 220 Å². The van der Waals surface area contributed by atoms with E-state index in [1.54, 1.807) is 37.4 Å². The Hall–Kier alpha value is -3.72. The van der Waals surface area contributed by atoms with Crippen LogP contribution in [0.25, 0.3) is 0 Å². The maximum atomic E-state index is 13.8. The highest BCUT2D eigenvalue weighted by Crippen LogP contribution is 2.30. The van der Waals surface area contributed by atoms with Crippen LogP contribution < -0.4 is 20.3 Å². The van der Waals surface area contributed by atoms with Crippen LogP contribution >= 0.6 is 11.8 Å². The molecule has 7 nitrogen and oxygen atoms in total. The molecular weight excluding hydrogens is 491 g/mol. The number of benzene rings is 3. The number of hydrogen-bond donors (Lipinski definition) is 2. The third-order valence-electron chi connectivity index (χ3n) is 6.67. The molecule has 1 saturated heterocycles. The molecule has 3 aromatic carbocycles. The molecule has 37 heavy (non-hydrogen) atoms. The van der Waals surface area contributed by atoms with E-state index in [-0.39, 0.29) is 17.6 Å². The molecular formula is C28H29FN4O3S. The van der Waals surface area contributed by atoms with E-state index >= 15 is 0 Å². The molecule has 2 heterocycles. The van der Waals surface area contributed by atoms with Gasteiger partial charge in [0.2, 0.25) is 5.91 Å². The summed E-state index contributed by atoms with van der Waals surface area (Å²) < 4.78 is 19.1. The molecule has 0 aliphatic carbocycles. The van der Waals surface area contributed by atoms with Gasteiger partial charge < -0.3 is 25.2 Å². The van der Waals surface area contributed by atoms with E-state index in [4.69, 9.17) is 4.74 Å². The normalized spacial score (nSPS) is 17.0. The summed E-state index contributed by atoms with van der Waals surface area (Å²) in [7, 11) is 1.65. The van der Waals surface area contributed by atoms with Crippen LogP contribution in [0.4, 0.5) is 21.5 Å². The molecule has 1 atom stereocenters. The van der Waals surface area contributed by atoms with Crippen LogP contribution in [0, 0.1) is 5.82 Å². The Morgan fingerprint density at radius 1 is 1.03 bits per heavy atom. The van der Waals surface area contributed by atoms with Gasteiger partial charge in [-0.05, 0) is 54.1 Å². The summed E-state index contributed by atoms with van der Waals surface area (Å²) in [6.45, 7) is 2.72. The number of nitrogens with zero attached hydrogens (tertiary/aromatic N) is 2. The zero-order valence-corrected chi connectivity index (χ0v) is 21.4. The Bertz CT molecular complexity index is 1280. The second kappa shape index (κ2) is 11.1. The Morgan fingerprint density at radius 2 is 1.78 bits per heavy atom. The average Bonchev–Trinajstić information content (AvgIpc) is 2.94. The Balaban J connectivity index is 1.16. The van der Waals surface area contributed by atoms with Crippen LogP contribution in [0.2, 0.25) is 0 Å². The van der Waals surface area contributed by atoms with E-state index in [0.29, 0.717) is 41.4 Å². The molecule has 2 N–H and O–H groups in total. The third-order valence-corrected chi connectivity index (χ3v) is 7.76. The average molecular weight is 521 g/mol. The minimum atomic E-state index is -0.433. The Kier molecular flexibility index (Phi) is 7.50. The summed E-state index contributed by atoms with van der Waals surface area (Å²) in [4.78, 5) is 30.0. The van der Waals surface area contributed by atoms with Crippen molar-refractivity contribution in [1.29, 1.82) is 0 Å². The molecule has 9 heteroatoms. The van der Waals surface area contributed by atoms with Crippen molar-refractivity contribution in [2.24, 2.45) is 0 Å². The lowest BCUT2D eigenvalue weighted by Gasteiger charge is -2.36. The monoisotopic (exact) mass is 520 g/mol. The predicted molar refractivity (Wildman–Crippen MR) is 146 cm³/mol. The van der Waals surface area contributed by atoms with Crippen molar-refractivity contribution in [2.75, 3.05) is 54.6 Å². The van der Waals surface area contributed by atoms with E-state index < -0.39 is 6.04 Å². The number of nitrogens with one attached hydrogen (secondary N) is 2. The quantitative estimate of drug-likeness (QED) is 0.479. The predicted octanol–water partition coefficient (Wildman–Crippen LogP) is 4.46. The minimum absolute atomic E-state index is 0.0472. The summed E-state index contributed by atoms with van der Waals surface area (Å²) in [6.07, 6.45) is 0. The smallest absolute Gasteiger partial charge is 0.254 e. The van der Waals surface area contributed by atoms with Gasteiger partial charge in [-0.1, -0.05) is 18.2 Å². The molecule has 0 unspecified atom stereocenters. The SMILES string of the molecule is COc1ccc(N2CCN(C(=O)c3ccc4c(c3)NC(=O)[C@@H](CSCc3ccccc3F)N4)CC2)cc1. The van der Waals surface area contributed by atoms with Crippen LogP contribution in [0.3, 0.4) is 0 Å². The number of ether oxygens (including phenoxy) is 1. The number of carbonyl (C=O) groups excluding carboxylic acids is 2. The summed E-state index contributed by atoms with van der Waals surface area (Å²) in [5, 5.41) is 6.19. The second-order valence-electron chi connectivity index (χ2n) is 9.03. The third kappa shape index (κ3) is 5.67. The molecule has 2 aliphatic rings. The number of halogens is 1. The van der Waals surface area contributed by atoms with Gasteiger partial charge >= 0.3 is 0 Å². The van der Waals surface area contributed by atoms with E-state index in [2.05, 4.69) is 15.5 Å². The van der Waals surface area contributed by atoms with Gasteiger partial charge in [0, 0.05) is 48.9 Å². The minimum Gasteiger partial charge on any atom is -0.497 e. The lowest BCUT2D eigenvalue weighted by Crippen LogP contribution is -2.48. The summed E-state index contributed by atoms with van der Waals surface area (Å²) in [5.41, 5.74) is 3.65. The zero-order valence-electron chi connectivity index (χ0n) is 20.6. The van der Waals surface area contributed by atoms with E-state index in [9.17, 15) is 14.0 Å². The highest BCUT2D eigenvalue weighted by molar-refractivity contribution is 7.98. The van der Waals surface area contributed by atoms with Gasteiger partial charge in [0.05, 0.1) is 18.5 Å². The van der Waals surface area contributed by atoms with E-state index in [1.165, 1.54) is 17.8 Å². The fourth-order valence-corrected chi connectivity index (χ4v) is 5.58. The summed E-state index contributed by atoms with van der Waals surface area (Å²) >= 11 is 1.50. The van der Waals surface area contributed by atoms with Crippen LogP contribution in [0.15, 0.2) is 66.7 Å². The maximum absolute atomic E-state index is 13.8. The number of amides is 2. The maximum Gasteiger partial charge on any atom is 0.254 e. The topological polar surface area (TPSA) is 73.9 Å². The van der Waals surface area contributed by atoms with Crippen molar-refractivity contribution in [3.05, 3.63) is 83.7 Å². The molecule has 2 aliphatic heterocycles. The first kappa shape index (κ1) is 25.0. The standard InChI is InChI=1S/C28H29FN4O3S/c1-36-22-9-7-21(8-10-22)32-12-14-33(15-13-32)28(35)19-6-11-24-25(16-19)31-27(34)26(30-24)18-37-17-20-4-2-3-5-23(20)29/h2-11,16,26,30H,12-15,17-18H2,1H3,(H,31,34)/t26-/m1/s1. The van der Waals surface area contributed by atoms with Crippen molar-refractivity contribution in [3.63, 3.8) is 0 Å². The fourth-order valence-electron chi connectivity index (χ4n) is 4.54. The van der Waals surface area contributed by atoms with Crippen molar-refractivity contribution < 1.29 is 18.7 Å². The van der Waals surface area contributed by atoms with Crippen LogP contribution in [-0.4, -0.2) is 61.8 Å². The molecule has 2 amide bonds. The number of fused-ring (bicyclic) bond motifs is 1. The Morgan fingerprint density at radius 3 is 2.51 bits per heavy atom. The van der Waals surface area contributed by atoms with Crippen molar-refractivity contribution in [1.82, 2.24) is 4.90 Å². The van der Waals surface area contributed by atoms with Crippen LogP contribution in [0.1, 0.15) is 15.9 Å². The molecule has 0 saturated carbocycles. The van der Waals surface area contributed by atoms with Crippen molar-refractivity contribution >= 4 is 40.6 Å². The zero-order chi connectivity index (χ0) is 25.8. The number of thioether (sulfide) groups is 1. The lowest BCUT2D eigenvalue weighted by atomic mass is 10.1. The summed E-state index contributed by atoms with van der Waals surface area (Å²) in [5.74, 6) is 1.36. The van der Waals surface area contributed by atoms with Gasteiger partial charge in [-0.25, -0.2) is 4.39 Å². The molecule has 1 fully saturated rings. The largest absolute Gasteiger partial charge is 0.497 e. The van der Waals surface area contributed by atoms with Gasteiger partial charge in [-0.15, -0.1) is 0 Å². The molecule has 0 bridgehead atoms. The molecule has 3 aromatic rings. The highest BCUT2D eigenvalue weighted by atomic mass is 32.2. The summed E-state index contributed by atoms with van der Waals surface area (Å²) in [6, 6.07) is 19.5. The van der Waals surface area contributed by atoms with Gasteiger partial charge in [-0.3, -0.25) is 9.59 Å². The van der Waals surface area contributed by atoms with Gasteiger partial charge in [0.15, 0.2) is 0 Å². The van der Waals surface area contributed by atoms with Crippen LogP contribution in [-0.2, 0) is 10.5 Å². The van der Waals surface area contributed by atoms with Gasteiger partial charge in [0.1, 0.15) is 17.6 Å². The van der Waals surface area contributed by atoms with Gasteiger partial charge in [-0.2, -0.15) is 11.8 Å².